The van der Waals surface area contributed by atoms with Gasteiger partial charge in [-0.3, -0.25) is 0 Å². The second kappa shape index (κ2) is 4.68. The van der Waals surface area contributed by atoms with Gasteiger partial charge >= 0.3 is 0 Å². The molecule has 0 saturated heterocycles. The zero-order valence-corrected chi connectivity index (χ0v) is 11.8. The Labute approximate surface area is 120 Å². The van der Waals surface area contributed by atoms with Gasteiger partial charge in [-0.25, -0.2) is 4.68 Å². The first-order valence-electron chi connectivity index (χ1n) is 6.07. The molecular weight excluding hydrogens is 276 g/mol. The summed E-state index contributed by atoms with van der Waals surface area (Å²) in [4.78, 5) is 0. The fraction of sp³-hybridized carbons (Fsp3) is 0.143. The lowest BCUT2D eigenvalue weighted by Crippen LogP contribution is -1.93. The quantitative estimate of drug-likeness (QED) is 0.735. The first-order valence-corrected chi connectivity index (χ1v) is 6.45. The highest BCUT2D eigenvalue weighted by atomic mass is 35.5. The highest BCUT2D eigenvalue weighted by molar-refractivity contribution is 6.32. The van der Waals surface area contributed by atoms with Gasteiger partial charge in [0.1, 0.15) is 17.0 Å². The molecule has 2 N–H and O–H groups in total. The Bertz CT molecular complexity index is 774. The third-order valence-electron chi connectivity index (χ3n) is 3.05. The van der Waals surface area contributed by atoms with Crippen LogP contribution >= 0.6 is 11.6 Å². The summed E-state index contributed by atoms with van der Waals surface area (Å²) < 4.78 is 7.56. The summed E-state index contributed by atoms with van der Waals surface area (Å²) in [5, 5.41) is 8.51. The van der Waals surface area contributed by atoms with Crippen molar-refractivity contribution in [1.29, 1.82) is 0 Å². The van der Waals surface area contributed by atoms with Crippen LogP contribution in [0, 0.1) is 6.92 Å². The zero-order valence-electron chi connectivity index (χ0n) is 11.1. The monoisotopic (exact) mass is 288 g/mol. The molecule has 0 aliphatic heterocycles. The van der Waals surface area contributed by atoms with E-state index < -0.39 is 0 Å². The molecule has 3 aromatic rings. The Morgan fingerprint density at radius 3 is 2.80 bits per heavy atom. The Kier molecular flexibility index (Phi) is 2.99. The van der Waals surface area contributed by atoms with Crippen molar-refractivity contribution in [3.63, 3.8) is 0 Å². The molecule has 0 atom stereocenters. The van der Waals surface area contributed by atoms with Gasteiger partial charge in [0.2, 0.25) is 0 Å². The van der Waals surface area contributed by atoms with E-state index in [1.165, 1.54) is 0 Å². The molecule has 0 radical (unpaired) electrons. The van der Waals surface area contributed by atoms with Crippen molar-refractivity contribution in [2.45, 2.75) is 6.92 Å². The number of hydrogen-bond acceptors (Lipinski definition) is 4. The molecule has 0 bridgehead atoms. The lowest BCUT2D eigenvalue weighted by Gasteiger charge is -2.11. The van der Waals surface area contributed by atoms with Crippen LogP contribution in [-0.2, 0) is 7.05 Å². The number of nitrogen functional groups attached to an aromatic ring is 1. The molecule has 0 fully saturated rings. The summed E-state index contributed by atoms with van der Waals surface area (Å²) in [5.41, 5.74) is 8.95. The molecule has 0 amide bonds. The van der Waals surface area contributed by atoms with E-state index in [0.717, 1.165) is 16.6 Å². The minimum atomic E-state index is 0.488. The zero-order chi connectivity index (χ0) is 14.3. The summed E-state index contributed by atoms with van der Waals surface area (Å²) in [6.45, 7) is 1.90. The summed E-state index contributed by atoms with van der Waals surface area (Å²) >= 11 is 6.17. The van der Waals surface area contributed by atoms with Gasteiger partial charge in [-0.05, 0) is 36.8 Å². The van der Waals surface area contributed by atoms with Crippen LogP contribution in [0.5, 0.6) is 11.5 Å². The smallest absolute Gasteiger partial charge is 0.149 e. The molecule has 0 aliphatic rings. The normalized spacial score (nSPS) is 10.9. The number of nitrogens with zero attached hydrogens (tertiary/aromatic N) is 3. The number of hydrogen-bond donors (Lipinski definition) is 1. The summed E-state index contributed by atoms with van der Waals surface area (Å²) in [7, 11) is 1.84. The third-order valence-corrected chi connectivity index (χ3v) is 3.33. The number of aryl methyl sites for hydroxylation is 2. The van der Waals surface area contributed by atoms with E-state index in [1.807, 2.05) is 38.2 Å². The molecule has 5 nitrogen and oxygen atoms in total. The number of ether oxygens (including phenoxy) is 1. The van der Waals surface area contributed by atoms with Crippen molar-refractivity contribution < 1.29 is 4.74 Å². The summed E-state index contributed by atoms with van der Waals surface area (Å²) in [6, 6.07) is 9.09. The molecular formula is C14H13ClN4O. The van der Waals surface area contributed by atoms with Crippen molar-refractivity contribution >= 4 is 28.3 Å². The van der Waals surface area contributed by atoms with E-state index >= 15 is 0 Å². The Balaban J connectivity index is 2.01. The van der Waals surface area contributed by atoms with E-state index in [9.17, 15) is 0 Å². The SMILES string of the molecule is Cc1cc(N)cc(Cl)c1Oc1ccc2c(c1)nnn2C. The van der Waals surface area contributed by atoms with Crippen LogP contribution in [0.25, 0.3) is 11.0 Å². The number of halogens is 1. The van der Waals surface area contributed by atoms with Gasteiger partial charge in [0.25, 0.3) is 0 Å². The molecule has 2 aromatic carbocycles. The van der Waals surface area contributed by atoms with Crippen LogP contribution in [0.3, 0.4) is 0 Å². The highest BCUT2D eigenvalue weighted by Gasteiger charge is 2.10. The first kappa shape index (κ1) is 12.7. The lowest BCUT2D eigenvalue weighted by molar-refractivity contribution is 0.480. The maximum Gasteiger partial charge on any atom is 0.149 e. The van der Waals surface area contributed by atoms with Gasteiger partial charge in [0.15, 0.2) is 0 Å². The van der Waals surface area contributed by atoms with Crippen LogP contribution < -0.4 is 10.5 Å². The molecule has 0 unspecified atom stereocenters. The number of benzene rings is 2. The van der Waals surface area contributed by atoms with E-state index in [1.54, 1.807) is 10.7 Å². The average Bonchev–Trinajstić information content (AvgIpc) is 2.75. The fourth-order valence-corrected chi connectivity index (χ4v) is 2.40. The Morgan fingerprint density at radius 2 is 2.05 bits per heavy atom. The van der Waals surface area contributed by atoms with Crippen molar-refractivity contribution in [2.24, 2.45) is 7.05 Å². The molecule has 1 aromatic heterocycles. The molecule has 20 heavy (non-hydrogen) atoms. The van der Waals surface area contributed by atoms with E-state index in [2.05, 4.69) is 10.3 Å². The van der Waals surface area contributed by atoms with Gasteiger partial charge in [0, 0.05) is 18.8 Å². The second-order valence-corrected chi connectivity index (χ2v) is 5.02. The van der Waals surface area contributed by atoms with Gasteiger partial charge in [-0.2, -0.15) is 0 Å². The predicted octanol–water partition coefficient (Wildman–Crippen LogP) is 3.30. The van der Waals surface area contributed by atoms with Crippen LogP contribution in [0.15, 0.2) is 30.3 Å². The van der Waals surface area contributed by atoms with Crippen molar-refractivity contribution in [3.8, 4) is 11.5 Å². The Hall–Kier alpha value is -2.27. The van der Waals surface area contributed by atoms with Gasteiger partial charge < -0.3 is 10.5 Å². The molecule has 3 rings (SSSR count). The largest absolute Gasteiger partial charge is 0.455 e. The topological polar surface area (TPSA) is 66.0 Å². The van der Waals surface area contributed by atoms with Crippen molar-refractivity contribution in [3.05, 3.63) is 40.9 Å². The Morgan fingerprint density at radius 1 is 1.25 bits per heavy atom. The summed E-state index contributed by atoms with van der Waals surface area (Å²) in [6.07, 6.45) is 0. The van der Waals surface area contributed by atoms with Crippen molar-refractivity contribution in [2.75, 3.05) is 5.73 Å². The lowest BCUT2D eigenvalue weighted by atomic mass is 10.2. The van der Waals surface area contributed by atoms with Crippen molar-refractivity contribution in [1.82, 2.24) is 15.0 Å². The number of nitrogens with two attached hydrogens (primary N) is 1. The van der Waals surface area contributed by atoms with Gasteiger partial charge in [-0.1, -0.05) is 16.8 Å². The maximum atomic E-state index is 6.17. The van der Waals surface area contributed by atoms with Crippen LogP contribution in [0.4, 0.5) is 5.69 Å². The van der Waals surface area contributed by atoms with Crippen LogP contribution in [-0.4, -0.2) is 15.0 Å². The molecule has 0 spiro atoms. The molecule has 0 aliphatic carbocycles. The summed E-state index contributed by atoms with van der Waals surface area (Å²) in [5.74, 6) is 1.26. The minimum Gasteiger partial charge on any atom is -0.455 e. The maximum absolute atomic E-state index is 6.17. The third kappa shape index (κ3) is 2.16. The van der Waals surface area contributed by atoms with E-state index in [-0.39, 0.29) is 0 Å². The second-order valence-electron chi connectivity index (χ2n) is 4.61. The van der Waals surface area contributed by atoms with Gasteiger partial charge in [0.05, 0.1) is 10.5 Å². The number of rotatable bonds is 2. The minimum absolute atomic E-state index is 0.488. The average molecular weight is 289 g/mol. The van der Waals surface area contributed by atoms with E-state index in [0.29, 0.717) is 22.2 Å². The molecule has 6 heteroatoms. The number of fused-ring (bicyclic) bond motifs is 1. The predicted molar refractivity (Wildman–Crippen MR) is 79.2 cm³/mol. The van der Waals surface area contributed by atoms with Crippen LogP contribution in [0.2, 0.25) is 5.02 Å². The number of anilines is 1. The molecule has 1 heterocycles. The highest BCUT2D eigenvalue weighted by Crippen LogP contribution is 2.35. The number of aromatic nitrogens is 3. The van der Waals surface area contributed by atoms with E-state index in [4.69, 9.17) is 22.1 Å². The molecule has 0 saturated carbocycles. The molecule has 102 valence electrons. The first-order chi connectivity index (χ1) is 9.54. The van der Waals surface area contributed by atoms with Gasteiger partial charge in [-0.15, -0.1) is 5.10 Å². The van der Waals surface area contributed by atoms with Crippen LogP contribution in [0.1, 0.15) is 5.56 Å². The fourth-order valence-electron chi connectivity index (χ4n) is 2.09. The standard InChI is InChI=1S/C14H13ClN4O/c1-8-5-9(16)6-11(15)14(8)20-10-3-4-13-12(7-10)17-18-19(13)2/h3-7H,16H2,1-2H3.